The molecule has 1 amide bonds. The maximum atomic E-state index is 14.3. The summed E-state index contributed by atoms with van der Waals surface area (Å²) in [6.45, 7) is -0.240. The number of amides is 1. The van der Waals surface area contributed by atoms with E-state index in [4.69, 9.17) is 11.6 Å². The lowest BCUT2D eigenvalue weighted by Crippen LogP contribution is -2.30. The highest BCUT2D eigenvalue weighted by Gasteiger charge is 2.17. The van der Waals surface area contributed by atoms with Crippen molar-refractivity contribution in [3.8, 4) is 11.3 Å². The van der Waals surface area contributed by atoms with Gasteiger partial charge in [0.15, 0.2) is 0 Å². The van der Waals surface area contributed by atoms with Gasteiger partial charge in [-0.1, -0.05) is 41.9 Å². The maximum absolute atomic E-state index is 14.3. The van der Waals surface area contributed by atoms with E-state index in [1.807, 2.05) is 6.07 Å². The molecular formula is C22H15ClFN3O2. The van der Waals surface area contributed by atoms with Crippen LogP contribution in [-0.4, -0.2) is 15.5 Å². The number of anilines is 1. The molecule has 5 nitrogen and oxygen atoms in total. The second-order valence-corrected chi connectivity index (χ2v) is 6.82. The van der Waals surface area contributed by atoms with Crippen molar-refractivity contribution >= 4 is 34.1 Å². The summed E-state index contributed by atoms with van der Waals surface area (Å²) in [5.74, 6) is -0.879. The zero-order valence-corrected chi connectivity index (χ0v) is 15.9. The predicted octanol–water partition coefficient (Wildman–Crippen LogP) is 4.49. The van der Waals surface area contributed by atoms with Crippen molar-refractivity contribution < 1.29 is 9.18 Å². The van der Waals surface area contributed by atoms with E-state index < -0.39 is 11.5 Å². The van der Waals surface area contributed by atoms with E-state index in [1.165, 1.54) is 10.6 Å². The summed E-state index contributed by atoms with van der Waals surface area (Å²) in [7, 11) is 0. The molecule has 0 aliphatic carbocycles. The van der Waals surface area contributed by atoms with Gasteiger partial charge in [-0.15, -0.1) is 0 Å². The van der Waals surface area contributed by atoms with Gasteiger partial charge in [0, 0.05) is 21.7 Å². The zero-order chi connectivity index (χ0) is 20.4. The van der Waals surface area contributed by atoms with E-state index in [0.29, 0.717) is 21.6 Å². The van der Waals surface area contributed by atoms with Gasteiger partial charge in [0.25, 0.3) is 0 Å². The summed E-state index contributed by atoms with van der Waals surface area (Å²) < 4.78 is 15.6. The van der Waals surface area contributed by atoms with Crippen LogP contribution < -0.4 is 11.0 Å². The molecule has 4 rings (SSSR count). The Morgan fingerprint density at radius 2 is 1.76 bits per heavy atom. The van der Waals surface area contributed by atoms with Crippen molar-refractivity contribution in [1.29, 1.82) is 0 Å². The van der Waals surface area contributed by atoms with Crippen LogP contribution in [0.25, 0.3) is 22.2 Å². The maximum Gasteiger partial charge on any atom is 0.349 e. The predicted molar refractivity (Wildman–Crippen MR) is 111 cm³/mol. The van der Waals surface area contributed by atoms with E-state index >= 15 is 0 Å². The first-order valence-corrected chi connectivity index (χ1v) is 9.20. The second kappa shape index (κ2) is 7.85. The molecule has 0 fully saturated rings. The summed E-state index contributed by atoms with van der Waals surface area (Å²) in [4.78, 5) is 29.3. The average molecular weight is 408 g/mol. The Labute approximate surface area is 170 Å². The van der Waals surface area contributed by atoms with Gasteiger partial charge in [0.2, 0.25) is 5.91 Å². The topological polar surface area (TPSA) is 64.0 Å². The number of nitrogens with one attached hydrogen (secondary N) is 1. The standard InChI is InChI=1S/C22H15ClFN3O2/c23-14-10-11-19-17(12-14)21(16-8-4-5-9-18(16)24)26-22(29)27(19)13-20(28)25-15-6-2-1-3-7-15/h1-12H,13H2,(H,25,28). The Balaban J connectivity index is 1.81. The number of halogens is 2. The van der Waals surface area contributed by atoms with Crippen LogP contribution in [0.15, 0.2) is 77.6 Å². The van der Waals surface area contributed by atoms with E-state index in [9.17, 15) is 14.0 Å². The fourth-order valence-electron chi connectivity index (χ4n) is 3.13. The smallest absolute Gasteiger partial charge is 0.325 e. The monoisotopic (exact) mass is 407 g/mol. The van der Waals surface area contributed by atoms with E-state index in [1.54, 1.807) is 60.7 Å². The molecule has 7 heteroatoms. The Morgan fingerprint density at radius 3 is 2.52 bits per heavy atom. The minimum atomic E-state index is -0.652. The molecule has 0 saturated heterocycles. The molecule has 1 aromatic heterocycles. The van der Waals surface area contributed by atoms with Crippen molar-refractivity contribution in [3.63, 3.8) is 0 Å². The molecule has 0 atom stereocenters. The summed E-state index contributed by atoms with van der Waals surface area (Å²) in [5.41, 5.74) is 0.786. The Morgan fingerprint density at radius 1 is 1.03 bits per heavy atom. The van der Waals surface area contributed by atoms with Crippen molar-refractivity contribution in [2.24, 2.45) is 0 Å². The lowest BCUT2D eigenvalue weighted by Gasteiger charge is -2.13. The summed E-state index contributed by atoms with van der Waals surface area (Å²) in [6, 6.07) is 19.8. The number of rotatable bonds is 4. The van der Waals surface area contributed by atoms with Crippen LogP contribution in [-0.2, 0) is 11.3 Å². The third kappa shape index (κ3) is 3.88. The summed E-state index contributed by atoms with van der Waals surface area (Å²) in [5, 5.41) is 3.63. The van der Waals surface area contributed by atoms with Gasteiger partial charge >= 0.3 is 5.69 Å². The fourth-order valence-corrected chi connectivity index (χ4v) is 3.30. The number of aromatic nitrogens is 2. The number of fused-ring (bicyclic) bond motifs is 1. The third-order valence-corrected chi connectivity index (χ3v) is 4.67. The number of nitrogens with zero attached hydrogens (tertiary/aromatic N) is 2. The van der Waals surface area contributed by atoms with E-state index in [0.717, 1.165) is 0 Å². The lowest BCUT2D eigenvalue weighted by molar-refractivity contribution is -0.116. The first-order valence-electron chi connectivity index (χ1n) is 8.83. The van der Waals surface area contributed by atoms with Crippen LogP contribution in [0, 0.1) is 5.82 Å². The SMILES string of the molecule is O=C(Cn1c(=O)nc(-c2ccccc2F)c2cc(Cl)ccc21)Nc1ccccc1. The highest BCUT2D eigenvalue weighted by Crippen LogP contribution is 2.29. The molecule has 1 heterocycles. The van der Waals surface area contributed by atoms with Gasteiger partial charge in [-0.2, -0.15) is 4.98 Å². The van der Waals surface area contributed by atoms with Crippen molar-refractivity contribution in [2.75, 3.05) is 5.32 Å². The van der Waals surface area contributed by atoms with Crippen LogP contribution in [0.1, 0.15) is 0 Å². The molecule has 0 bridgehead atoms. The molecule has 0 radical (unpaired) electrons. The third-order valence-electron chi connectivity index (χ3n) is 4.43. The second-order valence-electron chi connectivity index (χ2n) is 6.38. The van der Waals surface area contributed by atoms with Crippen LogP contribution in [0.2, 0.25) is 5.02 Å². The number of hydrogen-bond donors (Lipinski definition) is 1. The highest BCUT2D eigenvalue weighted by molar-refractivity contribution is 6.31. The van der Waals surface area contributed by atoms with Gasteiger partial charge in [-0.3, -0.25) is 9.36 Å². The number of carbonyl (C=O) groups is 1. The Bertz CT molecular complexity index is 1270. The van der Waals surface area contributed by atoms with Crippen molar-refractivity contribution in [2.45, 2.75) is 6.54 Å². The first kappa shape index (κ1) is 18.8. The molecule has 0 unspecified atom stereocenters. The Kier molecular flexibility index (Phi) is 5.10. The molecule has 0 spiro atoms. The van der Waals surface area contributed by atoms with Crippen LogP contribution in [0.4, 0.5) is 10.1 Å². The molecule has 0 aliphatic rings. The van der Waals surface area contributed by atoms with Crippen LogP contribution in [0.3, 0.4) is 0 Å². The lowest BCUT2D eigenvalue weighted by atomic mass is 10.1. The van der Waals surface area contributed by atoms with Gasteiger partial charge in [0.1, 0.15) is 12.4 Å². The average Bonchev–Trinajstić information content (AvgIpc) is 2.71. The van der Waals surface area contributed by atoms with Crippen LogP contribution in [0.5, 0.6) is 0 Å². The van der Waals surface area contributed by atoms with Crippen molar-refractivity contribution in [1.82, 2.24) is 9.55 Å². The number of benzene rings is 3. The largest absolute Gasteiger partial charge is 0.349 e. The minimum Gasteiger partial charge on any atom is -0.325 e. The molecule has 0 saturated carbocycles. The molecule has 0 aliphatic heterocycles. The van der Waals surface area contributed by atoms with Crippen LogP contribution >= 0.6 is 11.6 Å². The van der Waals surface area contributed by atoms with Gasteiger partial charge < -0.3 is 5.32 Å². The summed E-state index contributed by atoms with van der Waals surface area (Å²) >= 11 is 6.13. The normalized spacial score (nSPS) is 10.8. The molecule has 29 heavy (non-hydrogen) atoms. The van der Waals surface area contributed by atoms with Gasteiger partial charge in [-0.25, -0.2) is 9.18 Å². The van der Waals surface area contributed by atoms with Gasteiger partial charge in [0.05, 0.1) is 11.2 Å². The Hall–Kier alpha value is -3.51. The number of para-hydroxylation sites is 1. The quantitative estimate of drug-likeness (QED) is 0.542. The number of carbonyl (C=O) groups excluding carboxylic acids is 1. The molecule has 3 aromatic carbocycles. The highest BCUT2D eigenvalue weighted by atomic mass is 35.5. The van der Waals surface area contributed by atoms with E-state index in [2.05, 4.69) is 10.3 Å². The molecular weight excluding hydrogens is 393 g/mol. The number of hydrogen-bond acceptors (Lipinski definition) is 3. The zero-order valence-electron chi connectivity index (χ0n) is 15.1. The molecule has 4 aromatic rings. The minimum absolute atomic E-state index is 0.185. The first-order chi connectivity index (χ1) is 14.0. The molecule has 144 valence electrons. The molecule has 1 N–H and O–H groups in total. The fraction of sp³-hybridized carbons (Fsp3) is 0.0455. The van der Waals surface area contributed by atoms with Crippen molar-refractivity contribution in [3.05, 3.63) is 94.1 Å². The summed E-state index contributed by atoms with van der Waals surface area (Å²) in [6.07, 6.45) is 0. The van der Waals surface area contributed by atoms with E-state index in [-0.39, 0.29) is 23.7 Å². The van der Waals surface area contributed by atoms with Gasteiger partial charge in [-0.05, 0) is 42.5 Å².